The van der Waals surface area contributed by atoms with Crippen molar-refractivity contribution >= 4 is 29.9 Å². The van der Waals surface area contributed by atoms with Gasteiger partial charge in [0.2, 0.25) is 0 Å². The van der Waals surface area contributed by atoms with E-state index in [1.165, 1.54) is 63.8 Å². The Labute approximate surface area is 193 Å². The lowest BCUT2D eigenvalue weighted by molar-refractivity contribution is 0.251. The Morgan fingerprint density at radius 1 is 1.07 bits per heavy atom. The number of halogens is 1. The van der Waals surface area contributed by atoms with Crippen molar-refractivity contribution in [3.63, 3.8) is 0 Å². The number of hydrogen-bond donors (Lipinski definition) is 2. The molecule has 162 valence electrons. The van der Waals surface area contributed by atoms with Crippen molar-refractivity contribution < 1.29 is 0 Å². The monoisotopic (exact) mass is 511 g/mol. The van der Waals surface area contributed by atoms with Crippen molar-refractivity contribution in [3.05, 3.63) is 35.9 Å². The zero-order valence-corrected chi connectivity index (χ0v) is 20.2. The summed E-state index contributed by atoms with van der Waals surface area (Å²) < 4.78 is 0. The van der Waals surface area contributed by atoms with Crippen molar-refractivity contribution in [2.45, 2.75) is 51.1 Å². The number of likely N-dealkylation sites (tertiary alicyclic amines) is 2. The van der Waals surface area contributed by atoms with Crippen molar-refractivity contribution in [2.75, 3.05) is 45.8 Å². The maximum atomic E-state index is 5.00. The number of hydrogen-bond acceptors (Lipinski definition) is 3. The van der Waals surface area contributed by atoms with Crippen LogP contribution in [-0.2, 0) is 0 Å². The fraction of sp³-hybridized carbons (Fsp3) is 0.696. The summed E-state index contributed by atoms with van der Waals surface area (Å²) >= 11 is 0. The molecule has 0 aromatic heterocycles. The van der Waals surface area contributed by atoms with E-state index in [1.54, 1.807) is 0 Å². The molecule has 2 heterocycles. The first kappa shape index (κ1) is 22.8. The molecule has 2 atom stereocenters. The fourth-order valence-electron chi connectivity index (χ4n) is 4.72. The average Bonchev–Trinajstić information content (AvgIpc) is 3.23. The molecule has 29 heavy (non-hydrogen) atoms. The van der Waals surface area contributed by atoms with E-state index < -0.39 is 0 Å². The molecule has 4 rings (SSSR count). The molecular weight excluding hydrogens is 473 g/mol. The standard InChI is InChI=1S/C23H37N5.HI/c1-2-24-23(25-16-19-12-15-28(18-19)21-10-11-21)26-17-22(27-13-6-7-14-27)20-8-4-3-5-9-20;/h3-5,8-9,19,21-22H,2,6-7,10-18H2,1H3,(H2,24,25,26);1H. The molecule has 0 amide bonds. The maximum Gasteiger partial charge on any atom is 0.191 e. The van der Waals surface area contributed by atoms with E-state index >= 15 is 0 Å². The van der Waals surface area contributed by atoms with Crippen LogP contribution in [0.4, 0.5) is 0 Å². The molecule has 0 radical (unpaired) electrons. The SMILES string of the molecule is CCNC(=NCC(c1ccccc1)N1CCCC1)NCC1CCN(C2CC2)C1.I. The Kier molecular flexibility index (Phi) is 9.06. The van der Waals surface area contributed by atoms with Crippen LogP contribution in [0.2, 0.25) is 0 Å². The Bertz CT molecular complexity index is 627. The molecule has 1 aromatic rings. The van der Waals surface area contributed by atoms with Crippen LogP contribution in [0.5, 0.6) is 0 Å². The Hall–Kier alpha value is -0.860. The third-order valence-electron chi connectivity index (χ3n) is 6.47. The molecule has 3 fully saturated rings. The number of nitrogens with one attached hydrogen (secondary N) is 2. The van der Waals surface area contributed by atoms with E-state index in [4.69, 9.17) is 4.99 Å². The summed E-state index contributed by atoms with van der Waals surface area (Å²) in [6, 6.07) is 12.2. The van der Waals surface area contributed by atoms with E-state index in [9.17, 15) is 0 Å². The second-order valence-electron chi connectivity index (χ2n) is 8.65. The molecule has 1 saturated carbocycles. The molecule has 1 aliphatic carbocycles. The normalized spacial score (nSPS) is 24.3. The van der Waals surface area contributed by atoms with Crippen LogP contribution in [0, 0.1) is 5.92 Å². The predicted molar refractivity (Wildman–Crippen MR) is 132 cm³/mol. The van der Waals surface area contributed by atoms with Crippen LogP contribution in [0.15, 0.2) is 35.3 Å². The van der Waals surface area contributed by atoms with Crippen LogP contribution < -0.4 is 10.6 Å². The molecule has 0 spiro atoms. The van der Waals surface area contributed by atoms with Gasteiger partial charge in [-0.1, -0.05) is 30.3 Å². The van der Waals surface area contributed by atoms with Crippen LogP contribution in [0.25, 0.3) is 0 Å². The van der Waals surface area contributed by atoms with Gasteiger partial charge in [0.15, 0.2) is 5.96 Å². The van der Waals surface area contributed by atoms with Gasteiger partial charge in [0.25, 0.3) is 0 Å². The molecule has 1 aromatic carbocycles. The van der Waals surface area contributed by atoms with E-state index in [1.807, 2.05) is 0 Å². The third kappa shape index (κ3) is 6.56. The summed E-state index contributed by atoms with van der Waals surface area (Å²) in [4.78, 5) is 10.3. The fourth-order valence-corrected chi connectivity index (χ4v) is 4.72. The smallest absolute Gasteiger partial charge is 0.191 e. The molecule has 5 nitrogen and oxygen atoms in total. The third-order valence-corrected chi connectivity index (χ3v) is 6.47. The summed E-state index contributed by atoms with van der Waals surface area (Å²) in [6.45, 7) is 9.84. The lowest BCUT2D eigenvalue weighted by Crippen LogP contribution is -2.41. The van der Waals surface area contributed by atoms with Crippen molar-refractivity contribution in [3.8, 4) is 0 Å². The summed E-state index contributed by atoms with van der Waals surface area (Å²) in [5.74, 6) is 1.74. The molecular formula is C23H38IN5. The first-order valence-corrected chi connectivity index (χ1v) is 11.4. The minimum Gasteiger partial charge on any atom is -0.357 e. The second kappa shape index (κ2) is 11.5. The van der Waals surface area contributed by atoms with E-state index in [2.05, 4.69) is 57.7 Å². The molecule has 2 unspecified atom stereocenters. The van der Waals surface area contributed by atoms with Crippen LogP contribution in [0.1, 0.15) is 50.6 Å². The Balaban J connectivity index is 0.00000240. The molecule has 3 aliphatic rings. The van der Waals surface area contributed by atoms with Crippen LogP contribution in [0.3, 0.4) is 0 Å². The minimum atomic E-state index is 0. The van der Waals surface area contributed by atoms with Crippen molar-refractivity contribution in [2.24, 2.45) is 10.9 Å². The molecule has 6 heteroatoms. The highest BCUT2D eigenvalue weighted by Gasteiger charge is 2.34. The molecule has 2 N–H and O–H groups in total. The van der Waals surface area contributed by atoms with E-state index in [0.717, 1.165) is 37.6 Å². The van der Waals surface area contributed by atoms with Gasteiger partial charge in [-0.3, -0.25) is 9.89 Å². The highest BCUT2D eigenvalue weighted by atomic mass is 127. The lowest BCUT2D eigenvalue weighted by Gasteiger charge is -2.27. The van der Waals surface area contributed by atoms with Crippen molar-refractivity contribution in [1.29, 1.82) is 0 Å². The Morgan fingerprint density at radius 2 is 1.83 bits per heavy atom. The van der Waals surface area contributed by atoms with Gasteiger partial charge < -0.3 is 15.5 Å². The quantitative estimate of drug-likeness (QED) is 0.319. The van der Waals surface area contributed by atoms with Gasteiger partial charge in [0.1, 0.15) is 0 Å². The summed E-state index contributed by atoms with van der Waals surface area (Å²) in [7, 11) is 0. The van der Waals surface area contributed by atoms with Crippen LogP contribution in [-0.4, -0.2) is 67.6 Å². The lowest BCUT2D eigenvalue weighted by atomic mass is 10.1. The van der Waals surface area contributed by atoms with E-state index in [-0.39, 0.29) is 24.0 Å². The summed E-state index contributed by atoms with van der Waals surface area (Å²) in [5, 5.41) is 7.09. The molecule has 2 aliphatic heterocycles. The summed E-state index contributed by atoms with van der Waals surface area (Å²) in [6.07, 6.45) is 6.78. The zero-order valence-electron chi connectivity index (χ0n) is 17.9. The number of nitrogens with zero attached hydrogens (tertiary/aromatic N) is 3. The first-order valence-electron chi connectivity index (χ1n) is 11.4. The summed E-state index contributed by atoms with van der Waals surface area (Å²) in [5.41, 5.74) is 1.39. The highest BCUT2D eigenvalue weighted by molar-refractivity contribution is 14.0. The van der Waals surface area contributed by atoms with Gasteiger partial charge in [-0.2, -0.15) is 0 Å². The number of benzene rings is 1. The van der Waals surface area contributed by atoms with Gasteiger partial charge in [-0.05, 0) is 70.1 Å². The largest absolute Gasteiger partial charge is 0.357 e. The Morgan fingerprint density at radius 3 is 2.52 bits per heavy atom. The van der Waals surface area contributed by atoms with Crippen LogP contribution >= 0.6 is 24.0 Å². The van der Waals surface area contributed by atoms with Gasteiger partial charge in [0, 0.05) is 25.7 Å². The van der Waals surface area contributed by atoms with Gasteiger partial charge in [-0.25, -0.2) is 0 Å². The minimum absolute atomic E-state index is 0. The zero-order chi connectivity index (χ0) is 19.2. The van der Waals surface area contributed by atoms with Gasteiger partial charge >= 0.3 is 0 Å². The van der Waals surface area contributed by atoms with Gasteiger partial charge in [0.05, 0.1) is 12.6 Å². The maximum absolute atomic E-state index is 5.00. The molecule has 2 saturated heterocycles. The van der Waals surface area contributed by atoms with Gasteiger partial charge in [-0.15, -0.1) is 24.0 Å². The molecule has 0 bridgehead atoms. The second-order valence-corrected chi connectivity index (χ2v) is 8.65. The van der Waals surface area contributed by atoms with E-state index in [0.29, 0.717) is 6.04 Å². The topological polar surface area (TPSA) is 42.9 Å². The average molecular weight is 511 g/mol. The number of guanidine groups is 1. The highest BCUT2D eigenvalue weighted by Crippen LogP contribution is 2.31. The van der Waals surface area contributed by atoms with Crippen molar-refractivity contribution in [1.82, 2.24) is 20.4 Å². The number of aliphatic imine (C=N–C) groups is 1. The predicted octanol–water partition coefficient (Wildman–Crippen LogP) is 3.48. The first-order chi connectivity index (χ1) is 13.8. The number of rotatable bonds is 8.